The van der Waals surface area contributed by atoms with Crippen LogP contribution in [0.5, 0.6) is 0 Å². The minimum absolute atomic E-state index is 0.368. The predicted molar refractivity (Wildman–Crippen MR) is 38.9 cm³/mol. The fraction of sp³-hybridized carbons (Fsp3) is 0.429. The van der Waals surface area contributed by atoms with E-state index in [0.29, 0.717) is 30.7 Å². The summed E-state index contributed by atoms with van der Waals surface area (Å²) < 4.78 is 15.1. The second-order valence-corrected chi connectivity index (χ2v) is 2.35. The highest BCUT2D eigenvalue weighted by Crippen LogP contribution is 2.15. The summed E-state index contributed by atoms with van der Waals surface area (Å²) in [6.07, 6.45) is 1.48. The van der Waals surface area contributed by atoms with Crippen LogP contribution in [0.3, 0.4) is 0 Å². The van der Waals surface area contributed by atoms with E-state index in [1.54, 1.807) is 6.92 Å². The third kappa shape index (κ3) is 1.25. The van der Waals surface area contributed by atoms with Crippen LogP contribution in [-0.4, -0.2) is 23.4 Å². The molecule has 0 atom stereocenters. The Morgan fingerprint density at radius 1 is 1.42 bits per heavy atom. The second kappa shape index (κ2) is 2.84. The minimum atomic E-state index is 0.368. The van der Waals surface area contributed by atoms with Gasteiger partial charge in [-0.2, -0.15) is 4.98 Å². The van der Waals surface area contributed by atoms with E-state index in [-0.39, 0.29) is 0 Å². The Bertz CT molecular complexity index is 305. The maximum atomic E-state index is 5.22. The van der Waals surface area contributed by atoms with E-state index in [1.165, 1.54) is 6.26 Å². The quantitative estimate of drug-likeness (QED) is 0.618. The molecule has 0 amide bonds. The Morgan fingerprint density at radius 2 is 2.33 bits per heavy atom. The van der Waals surface area contributed by atoms with Gasteiger partial charge >= 0.3 is 0 Å². The highest BCUT2D eigenvalue weighted by Gasteiger charge is 2.14. The Hall–Kier alpha value is -1.52. The average Bonchev–Trinajstić information content (AvgIpc) is 2.54. The lowest BCUT2D eigenvalue weighted by Crippen LogP contribution is -2.07. The van der Waals surface area contributed by atoms with Gasteiger partial charge in [-0.15, -0.1) is 0 Å². The summed E-state index contributed by atoms with van der Waals surface area (Å²) >= 11 is 0. The zero-order valence-electron chi connectivity index (χ0n) is 6.61. The van der Waals surface area contributed by atoms with Gasteiger partial charge in [-0.25, -0.2) is 0 Å². The van der Waals surface area contributed by atoms with Crippen molar-refractivity contribution in [3.63, 3.8) is 0 Å². The summed E-state index contributed by atoms with van der Waals surface area (Å²) in [7, 11) is 0. The van der Waals surface area contributed by atoms with E-state index in [1.807, 2.05) is 0 Å². The number of aromatic nitrogens is 2. The topological polar surface area (TPSA) is 57.4 Å². The first-order valence-electron chi connectivity index (χ1n) is 3.61. The molecule has 0 aromatic carbocycles. The molecule has 2 heterocycles. The van der Waals surface area contributed by atoms with Gasteiger partial charge in [0, 0.05) is 0 Å². The number of hydrogen-bond donors (Lipinski definition) is 0. The van der Waals surface area contributed by atoms with Crippen LogP contribution in [0.25, 0.3) is 5.76 Å². The molecular weight excluding hydrogens is 160 g/mol. The first-order chi connectivity index (χ1) is 5.86. The molecule has 0 saturated carbocycles. The number of rotatable bonds is 1. The van der Waals surface area contributed by atoms with Crippen LogP contribution in [0.4, 0.5) is 0 Å². The van der Waals surface area contributed by atoms with Crippen LogP contribution in [-0.2, 0) is 9.47 Å². The molecular formula is C7H8N2O3. The van der Waals surface area contributed by atoms with Crippen molar-refractivity contribution in [3.8, 4) is 0 Å². The van der Waals surface area contributed by atoms with Crippen LogP contribution in [0.15, 0.2) is 10.8 Å². The van der Waals surface area contributed by atoms with Crippen molar-refractivity contribution in [2.75, 3.05) is 13.2 Å². The van der Waals surface area contributed by atoms with Crippen molar-refractivity contribution in [2.45, 2.75) is 6.92 Å². The van der Waals surface area contributed by atoms with Crippen molar-refractivity contribution < 1.29 is 14.0 Å². The number of ether oxygens (including phenoxy) is 2. The van der Waals surface area contributed by atoms with Gasteiger partial charge in [0.1, 0.15) is 19.5 Å². The Labute approximate surface area is 69.0 Å². The first-order valence-corrected chi connectivity index (χ1v) is 3.61. The lowest BCUT2D eigenvalue weighted by molar-refractivity contribution is 0.120. The molecule has 12 heavy (non-hydrogen) atoms. The van der Waals surface area contributed by atoms with E-state index < -0.39 is 0 Å². The lowest BCUT2D eigenvalue weighted by atomic mass is 10.5. The molecule has 0 unspecified atom stereocenters. The standard InChI is InChI=1S/C7H8N2O3/c1-5-8-7(12-9-5)6-4-10-2-3-11-6/h4H,2-3H2,1H3. The molecule has 0 saturated heterocycles. The summed E-state index contributed by atoms with van der Waals surface area (Å²) in [5.74, 6) is 1.45. The summed E-state index contributed by atoms with van der Waals surface area (Å²) in [4.78, 5) is 3.98. The lowest BCUT2D eigenvalue weighted by Gasteiger charge is -2.11. The first kappa shape index (κ1) is 7.15. The van der Waals surface area contributed by atoms with Gasteiger partial charge in [0.2, 0.25) is 5.76 Å². The Balaban J connectivity index is 2.23. The van der Waals surface area contributed by atoms with Crippen molar-refractivity contribution in [1.29, 1.82) is 0 Å². The molecule has 1 aromatic heterocycles. The van der Waals surface area contributed by atoms with Crippen LogP contribution >= 0.6 is 0 Å². The molecule has 0 bridgehead atoms. The summed E-state index contributed by atoms with van der Waals surface area (Å²) in [5, 5.41) is 3.63. The smallest absolute Gasteiger partial charge is 0.296 e. The molecule has 1 aliphatic heterocycles. The van der Waals surface area contributed by atoms with Crippen molar-refractivity contribution in [1.82, 2.24) is 10.1 Å². The van der Waals surface area contributed by atoms with E-state index in [2.05, 4.69) is 10.1 Å². The van der Waals surface area contributed by atoms with Crippen LogP contribution in [0, 0.1) is 6.92 Å². The number of nitrogens with zero attached hydrogens (tertiary/aromatic N) is 2. The Morgan fingerprint density at radius 3 is 2.92 bits per heavy atom. The van der Waals surface area contributed by atoms with Gasteiger partial charge in [-0.3, -0.25) is 0 Å². The van der Waals surface area contributed by atoms with Gasteiger partial charge in [-0.05, 0) is 6.92 Å². The minimum Gasteiger partial charge on any atom is -0.494 e. The van der Waals surface area contributed by atoms with Crippen LogP contribution in [0.2, 0.25) is 0 Å². The summed E-state index contributed by atoms with van der Waals surface area (Å²) in [5.41, 5.74) is 0. The summed E-state index contributed by atoms with van der Waals surface area (Å²) in [6.45, 7) is 2.83. The maximum absolute atomic E-state index is 5.22. The fourth-order valence-electron chi connectivity index (χ4n) is 0.878. The van der Waals surface area contributed by atoms with Crippen LogP contribution < -0.4 is 0 Å². The SMILES string of the molecule is Cc1noc(C2=COCCO2)n1. The number of hydrogen-bond acceptors (Lipinski definition) is 5. The van der Waals surface area contributed by atoms with Crippen molar-refractivity contribution in [2.24, 2.45) is 0 Å². The molecule has 0 radical (unpaired) electrons. The molecule has 2 rings (SSSR count). The Kier molecular flexibility index (Phi) is 1.69. The molecule has 5 heteroatoms. The molecule has 1 aliphatic rings. The van der Waals surface area contributed by atoms with Gasteiger partial charge in [-0.1, -0.05) is 5.16 Å². The van der Waals surface area contributed by atoms with Gasteiger partial charge in [0.15, 0.2) is 5.82 Å². The van der Waals surface area contributed by atoms with Gasteiger partial charge in [0.05, 0.1) is 0 Å². The third-order valence-corrected chi connectivity index (χ3v) is 1.39. The highest BCUT2D eigenvalue weighted by molar-refractivity contribution is 5.49. The molecule has 0 fully saturated rings. The summed E-state index contributed by atoms with van der Waals surface area (Å²) in [6, 6.07) is 0. The predicted octanol–water partition coefficient (Wildman–Crippen LogP) is 0.723. The molecule has 0 spiro atoms. The zero-order valence-corrected chi connectivity index (χ0v) is 6.61. The normalized spacial score (nSPS) is 16.2. The largest absolute Gasteiger partial charge is 0.494 e. The molecule has 64 valence electrons. The van der Waals surface area contributed by atoms with E-state index in [4.69, 9.17) is 14.0 Å². The van der Waals surface area contributed by atoms with Crippen molar-refractivity contribution in [3.05, 3.63) is 18.0 Å². The molecule has 1 aromatic rings. The van der Waals surface area contributed by atoms with Gasteiger partial charge in [0.25, 0.3) is 5.89 Å². The number of aryl methyl sites for hydroxylation is 1. The van der Waals surface area contributed by atoms with Crippen molar-refractivity contribution >= 4 is 5.76 Å². The molecule has 0 N–H and O–H groups in total. The fourth-order valence-corrected chi connectivity index (χ4v) is 0.878. The van der Waals surface area contributed by atoms with E-state index in [9.17, 15) is 0 Å². The van der Waals surface area contributed by atoms with Crippen LogP contribution in [0.1, 0.15) is 11.7 Å². The van der Waals surface area contributed by atoms with E-state index in [0.717, 1.165) is 0 Å². The monoisotopic (exact) mass is 168 g/mol. The zero-order chi connectivity index (χ0) is 8.39. The molecule has 0 aliphatic carbocycles. The van der Waals surface area contributed by atoms with Gasteiger partial charge < -0.3 is 14.0 Å². The second-order valence-electron chi connectivity index (χ2n) is 2.35. The highest BCUT2D eigenvalue weighted by atomic mass is 16.6. The van der Waals surface area contributed by atoms with E-state index >= 15 is 0 Å². The maximum Gasteiger partial charge on any atom is 0.296 e. The third-order valence-electron chi connectivity index (χ3n) is 1.39. The average molecular weight is 168 g/mol. The molecule has 5 nitrogen and oxygen atoms in total.